The van der Waals surface area contributed by atoms with Gasteiger partial charge in [0.1, 0.15) is 5.82 Å². The molecule has 1 heterocycles. The molecule has 0 atom stereocenters. The van der Waals surface area contributed by atoms with E-state index in [1.54, 1.807) is 6.07 Å². The molecule has 4 N–H and O–H groups in total. The Bertz CT molecular complexity index is 590. The molecule has 0 fully saturated rings. The Balaban J connectivity index is 1.94. The number of nitrogen functional groups attached to an aromatic ring is 2. The first-order chi connectivity index (χ1) is 9.58. The highest BCUT2D eigenvalue weighted by Gasteiger charge is 2.05. The maximum Gasteiger partial charge on any atom is 0.225 e. The number of rotatable bonds is 5. The molecule has 20 heavy (non-hydrogen) atoms. The van der Waals surface area contributed by atoms with Crippen LogP contribution in [0.4, 0.5) is 16.3 Å². The summed E-state index contributed by atoms with van der Waals surface area (Å²) in [6, 6.07) is 4.86. The number of ether oxygens (including phenoxy) is 1. The van der Waals surface area contributed by atoms with Crippen molar-refractivity contribution in [1.29, 1.82) is 0 Å². The molecule has 0 saturated heterocycles. The highest BCUT2D eigenvalue weighted by Crippen LogP contribution is 2.22. The second kappa shape index (κ2) is 6.38. The van der Waals surface area contributed by atoms with E-state index in [0.29, 0.717) is 17.3 Å². The molecule has 2 rings (SSSR count). The Morgan fingerprint density at radius 1 is 1.15 bits per heavy atom. The highest BCUT2D eigenvalue weighted by atomic mass is 32.2. The van der Waals surface area contributed by atoms with Gasteiger partial charge in [-0.1, -0.05) is 6.07 Å². The Hall–Kier alpha value is -2.09. The summed E-state index contributed by atoms with van der Waals surface area (Å²) in [7, 11) is 1.43. The molecule has 2 aromatic rings. The number of methoxy groups -OCH3 is 1. The van der Waals surface area contributed by atoms with E-state index in [-0.39, 0.29) is 23.5 Å². The van der Waals surface area contributed by atoms with Crippen LogP contribution in [0.25, 0.3) is 0 Å². The number of nitrogens with two attached hydrogens (primary N) is 2. The maximum atomic E-state index is 13.5. The second-order valence-corrected chi connectivity index (χ2v) is 4.92. The van der Waals surface area contributed by atoms with Crippen LogP contribution in [0.2, 0.25) is 0 Å². The van der Waals surface area contributed by atoms with Gasteiger partial charge in [0.2, 0.25) is 11.9 Å². The van der Waals surface area contributed by atoms with Gasteiger partial charge in [-0.25, -0.2) is 4.39 Å². The van der Waals surface area contributed by atoms with E-state index in [4.69, 9.17) is 16.2 Å². The van der Waals surface area contributed by atoms with Crippen molar-refractivity contribution >= 4 is 23.7 Å². The van der Waals surface area contributed by atoms with E-state index in [2.05, 4.69) is 15.0 Å². The van der Waals surface area contributed by atoms with Gasteiger partial charge in [-0.3, -0.25) is 0 Å². The number of aromatic nitrogens is 3. The molecule has 1 aromatic heterocycles. The van der Waals surface area contributed by atoms with Crippen molar-refractivity contribution in [3.05, 3.63) is 35.4 Å². The molecule has 0 aliphatic rings. The monoisotopic (exact) mass is 295 g/mol. The van der Waals surface area contributed by atoms with E-state index in [0.717, 1.165) is 5.56 Å². The van der Waals surface area contributed by atoms with Gasteiger partial charge in [-0.05, 0) is 17.7 Å². The lowest BCUT2D eigenvalue weighted by molar-refractivity contribution is 0.386. The topological polar surface area (TPSA) is 99.9 Å². The van der Waals surface area contributed by atoms with E-state index in [9.17, 15) is 4.39 Å². The molecule has 0 unspecified atom stereocenters. The third-order valence-electron chi connectivity index (χ3n) is 2.43. The van der Waals surface area contributed by atoms with E-state index < -0.39 is 0 Å². The number of thioether (sulfide) groups is 1. The van der Waals surface area contributed by atoms with Crippen molar-refractivity contribution in [3.63, 3.8) is 0 Å². The fourth-order valence-electron chi connectivity index (χ4n) is 1.58. The molecule has 0 bridgehead atoms. The summed E-state index contributed by atoms with van der Waals surface area (Å²) in [6.07, 6.45) is 0. The third-order valence-corrected chi connectivity index (χ3v) is 3.43. The normalized spacial score (nSPS) is 10.5. The zero-order valence-corrected chi connectivity index (χ0v) is 11.7. The lowest BCUT2D eigenvalue weighted by Crippen LogP contribution is -2.06. The quantitative estimate of drug-likeness (QED) is 0.864. The first-order valence-electron chi connectivity index (χ1n) is 5.74. The lowest BCUT2D eigenvalue weighted by Gasteiger charge is -2.05. The van der Waals surface area contributed by atoms with E-state index in [1.807, 2.05) is 6.07 Å². The summed E-state index contributed by atoms with van der Waals surface area (Å²) in [5.41, 5.74) is 11.8. The molecule has 106 valence electrons. The SMILES string of the molecule is COc1ccc(CSCc2nc(N)nc(N)n2)cc1F. The van der Waals surface area contributed by atoms with Gasteiger partial charge in [0, 0.05) is 5.75 Å². The van der Waals surface area contributed by atoms with Crippen LogP contribution in [-0.4, -0.2) is 22.1 Å². The summed E-state index contributed by atoms with van der Waals surface area (Å²) in [5, 5.41) is 0. The third kappa shape index (κ3) is 3.70. The van der Waals surface area contributed by atoms with Crippen LogP contribution in [0.3, 0.4) is 0 Å². The second-order valence-electron chi connectivity index (χ2n) is 3.93. The summed E-state index contributed by atoms with van der Waals surface area (Å²) < 4.78 is 18.4. The average Bonchev–Trinajstić information content (AvgIpc) is 2.38. The van der Waals surface area contributed by atoms with Crippen LogP contribution in [0.5, 0.6) is 5.75 Å². The standard InChI is InChI=1S/C12H14FN5OS/c1-19-9-3-2-7(4-8(9)13)5-20-6-10-16-11(14)18-12(15)17-10/h2-4H,5-6H2,1H3,(H4,14,15,16,17,18). The molecular formula is C12H14FN5OS. The largest absolute Gasteiger partial charge is 0.494 e. The van der Waals surface area contributed by atoms with Gasteiger partial charge in [0.25, 0.3) is 0 Å². The van der Waals surface area contributed by atoms with Crippen LogP contribution < -0.4 is 16.2 Å². The number of anilines is 2. The summed E-state index contributed by atoms with van der Waals surface area (Å²) in [6.45, 7) is 0. The summed E-state index contributed by atoms with van der Waals surface area (Å²) >= 11 is 1.53. The molecular weight excluding hydrogens is 281 g/mol. The van der Waals surface area contributed by atoms with Gasteiger partial charge < -0.3 is 16.2 Å². The number of nitrogens with zero attached hydrogens (tertiary/aromatic N) is 3. The van der Waals surface area contributed by atoms with E-state index in [1.165, 1.54) is 24.9 Å². The summed E-state index contributed by atoms with van der Waals surface area (Å²) in [4.78, 5) is 11.6. The number of hydrogen-bond acceptors (Lipinski definition) is 7. The van der Waals surface area contributed by atoms with Crippen molar-refractivity contribution in [2.24, 2.45) is 0 Å². The number of hydrogen-bond donors (Lipinski definition) is 2. The van der Waals surface area contributed by atoms with Gasteiger partial charge in [0.15, 0.2) is 11.6 Å². The first-order valence-corrected chi connectivity index (χ1v) is 6.90. The maximum absolute atomic E-state index is 13.5. The predicted molar refractivity (Wildman–Crippen MR) is 76.6 cm³/mol. The van der Waals surface area contributed by atoms with Crippen molar-refractivity contribution in [3.8, 4) is 5.75 Å². The molecule has 0 spiro atoms. The van der Waals surface area contributed by atoms with Crippen LogP contribution in [0.1, 0.15) is 11.4 Å². The molecule has 0 aliphatic carbocycles. The van der Waals surface area contributed by atoms with Crippen molar-refractivity contribution < 1.29 is 9.13 Å². The van der Waals surface area contributed by atoms with Crippen molar-refractivity contribution in [1.82, 2.24) is 15.0 Å². The molecule has 6 nitrogen and oxygen atoms in total. The average molecular weight is 295 g/mol. The van der Waals surface area contributed by atoms with Crippen molar-refractivity contribution in [2.45, 2.75) is 11.5 Å². The predicted octanol–water partition coefficient (Wildman–Crippen LogP) is 1.62. The van der Waals surface area contributed by atoms with Crippen LogP contribution in [0.15, 0.2) is 18.2 Å². The fourth-order valence-corrected chi connectivity index (χ4v) is 2.41. The molecule has 8 heteroatoms. The van der Waals surface area contributed by atoms with E-state index >= 15 is 0 Å². The highest BCUT2D eigenvalue weighted by molar-refractivity contribution is 7.97. The first kappa shape index (κ1) is 14.3. The molecule has 0 amide bonds. The van der Waals surface area contributed by atoms with Crippen molar-refractivity contribution in [2.75, 3.05) is 18.6 Å². The minimum absolute atomic E-state index is 0.101. The lowest BCUT2D eigenvalue weighted by atomic mass is 10.2. The smallest absolute Gasteiger partial charge is 0.225 e. The number of halogens is 1. The Morgan fingerprint density at radius 3 is 2.45 bits per heavy atom. The molecule has 0 radical (unpaired) electrons. The van der Waals surface area contributed by atoms with Crippen LogP contribution in [0, 0.1) is 5.82 Å². The minimum Gasteiger partial charge on any atom is -0.494 e. The molecule has 1 aromatic carbocycles. The molecule has 0 saturated carbocycles. The zero-order valence-electron chi connectivity index (χ0n) is 10.8. The van der Waals surface area contributed by atoms with Gasteiger partial charge in [-0.2, -0.15) is 15.0 Å². The fraction of sp³-hybridized carbons (Fsp3) is 0.250. The Labute approximate surface area is 119 Å². The van der Waals surface area contributed by atoms with Gasteiger partial charge in [-0.15, -0.1) is 11.8 Å². The minimum atomic E-state index is -0.376. The van der Waals surface area contributed by atoms with Gasteiger partial charge >= 0.3 is 0 Å². The Morgan fingerprint density at radius 2 is 1.85 bits per heavy atom. The van der Waals surface area contributed by atoms with Crippen LogP contribution >= 0.6 is 11.8 Å². The van der Waals surface area contributed by atoms with Gasteiger partial charge in [0.05, 0.1) is 12.9 Å². The Kier molecular flexibility index (Phi) is 4.57. The molecule has 0 aliphatic heterocycles. The summed E-state index contributed by atoms with van der Waals surface area (Å²) in [5.74, 6) is 1.70. The zero-order chi connectivity index (χ0) is 14.5. The van der Waals surface area contributed by atoms with Crippen LogP contribution in [-0.2, 0) is 11.5 Å². The number of benzene rings is 1.